The predicted octanol–water partition coefficient (Wildman–Crippen LogP) is 2.75. The van der Waals surface area contributed by atoms with Crippen LogP contribution in [-0.4, -0.2) is 60.3 Å². The van der Waals surface area contributed by atoms with Crippen molar-refractivity contribution in [2.24, 2.45) is 0 Å². The summed E-state index contributed by atoms with van der Waals surface area (Å²) in [5.41, 5.74) is 0.454. The standard InChI is InChI=1S/C22H23FN4O3/c1-29-17-5-4-6-18(15-17)30-16-21(28)25-11-13-26(14-12-25)22-24-9-10-27(22)20-8-3-2-7-19(20)23/h2-10,15H,11-14,16H2,1H3. The lowest BCUT2D eigenvalue weighted by atomic mass is 10.3. The van der Waals surface area contributed by atoms with Crippen LogP contribution in [0, 0.1) is 5.82 Å². The molecule has 1 fully saturated rings. The number of benzene rings is 2. The van der Waals surface area contributed by atoms with Crippen LogP contribution < -0.4 is 14.4 Å². The fourth-order valence-electron chi connectivity index (χ4n) is 3.45. The molecule has 0 unspecified atom stereocenters. The van der Waals surface area contributed by atoms with Crippen molar-refractivity contribution >= 4 is 11.9 Å². The second-order valence-electron chi connectivity index (χ2n) is 6.88. The van der Waals surface area contributed by atoms with Crippen molar-refractivity contribution < 1.29 is 18.7 Å². The minimum absolute atomic E-state index is 0.0307. The van der Waals surface area contributed by atoms with Gasteiger partial charge in [0.2, 0.25) is 5.95 Å². The number of anilines is 1. The number of rotatable bonds is 6. The van der Waals surface area contributed by atoms with Gasteiger partial charge in [0.1, 0.15) is 17.3 Å². The van der Waals surface area contributed by atoms with Crippen LogP contribution >= 0.6 is 0 Å². The van der Waals surface area contributed by atoms with E-state index < -0.39 is 0 Å². The molecule has 3 aromatic rings. The number of amides is 1. The number of halogens is 1. The third-order valence-corrected chi connectivity index (χ3v) is 5.05. The van der Waals surface area contributed by atoms with E-state index >= 15 is 0 Å². The molecule has 8 heteroatoms. The van der Waals surface area contributed by atoms with Crippen LogP contribution in [0.2, 0.25) is 0 Å². The lowest BCUT2D eigenvalue weighted by Crippen LogP contribution is -2.50. The number of aromatic nitrogens is 2. The Kier molecular flexibility index (Phi) is 5.83. The van der Waals surface area contributed by atoms with Gasteiger partial charge in [0.25, 0.3) is 5.91 Å². The number of carbonyl (C=O) groups is 1. The number of hydrogen-bond donors (Lipinski definition) is 0. The van der Waals surface area contributed by atoms with E-state index in [1.54, 1.807) is 59.3 Å². The molecule has 0 spiro atoms. The van der Waals surface area contributed by atoms with E-state index in [1.807, 2.05) is 12.1 Å². The fraction of sp³-hybridized carbons (Fsp3) is 0.273. The van der Waals surface area contributed by atoms with Crippen molar-refractivity contribution in [2.45, 2.75) is 0 Å². The first kappa shape index (κ1) is 19.8. The summed E-state index contributed by atoms with van der Waals surface area (Å²) < 4.78 is 26.7. The van der Waals surface area contributed by atoms with Crippen molar-refractivity contribution in [1.82, 2.24) is 14.5 Å². The third-order valence-electron chi connectivity index (χ3n) is 5.05. The Morgan fingerprint density at radius 2 is 1.83 bits per heavy atom. The van der Waals surface area contributed by atoms with Crippen molar-refractivity contribution in [1.29, 1.82) is 0 Å². The van der Waals surface area contributed by atoms with Crippen molar-refractivity contribution in [2.75, 3.05) is 44.8 Å². The van der Waals surface area contributed by atoms with Gasteiger partial charge in [-0.2, -0.15) is 0 Å². The Bertz CT molecular complexity index is 1010. The van der Waals surface area contributed by atoms with Gasteiger partial charge in [-0.15, -0.1) is 0 Å². The molecule has 30 heavy (non-hydrogen) atoms. The molecule has 0 aliphatic carbocycles. The number of nitrogens with zero attached hydrogens (tertiary/aromatic N) is 4. The number of carbonyl (C=O) groups excluding carboxylic acids is 1. The molecule has 1 aromatic heterocycles. The molecule has 4 rings (SSSR count). The van der Waals surface area contributed by atoms with E-state index in [4.69, 9.17) is 9.47 Å². The minimum atomic E-state index is -0.305. The maximum absolute atomic E-state index is 14.2. The summed E-state index contributed by atoms with van der Waals surface area (Å²) in [5.74, 6) is 1.56. The van der Waals surface area contributed by atoms with Crippen LogP contribution in [0.3, 0.4) is 0 Å². The number of hydrogen-bond acceptors (Lipinski definition) is 5. The summed E-state index contributed by atoms with van der Waals surface area (Å²) in [6.07, 6.45) is 3.40. The normalized spacial score (nSPS) is 13.9. The van der Waals surface area contributed by atoms with Gasteiger partial charge < -0.3 is 19.3 Å². The quantitative estimate of drug-likeness (QED) is 0.626. The number of para-hydroxylation sites is 1. The van der Waals surface area contributed by atoms with Gasteiger partial charge in [-0.1, -0.05) is 18.2 Å². The monoisotopic (exact) mass is 410 g/mol. The van der Waals surface area contributed by atoms with Gasteiger partial charge in [0, 0.05) is 44.6 Å². The van der Waals surface area contributed by atoms with Crippen LogP contribution in [0.15, 0.2) is 60.9 Å². The van der Waals surface area contributed by atoms with Crippen LogP contribution in [-0.2, 0) is 4.79 Å². The van der Waals surface area contributed by atoms with Gasteiger partial charge in [0.05, 0.1) is 12.8 Å². The Balaban J connectivity index is 1.35. The SMILES string of the molecule is COc1cccc(OCC(=O)N2CCN(c3nccn3-c3ccccc3F)CC2)c1. The maximum atomic E-state index is 14.2. The molecule has 0 radical (unpaired) electrons. The second-order valence-corrected chi connectivity index (χ2v) is 6.88. The highest BCUT2D eigenvalue weighted by molar-refractivity contribution is 5.78. The molecule has 0 bridgehead atoms. The molecule has 7 nitrogen and oxygen atoms in total. The Labute approximate surface area is 174 Å². The van der Waals surface area contributed by atoms with Gasteiger partial charge in [-0.05, 0) is 24.3 Å². The van der Waals surface area contributed by atoms with Crippen LogP contribution in [0.25, 0.3) is 5.69 Å². The third kappa shape index (κ3) is 4.22. The van der Waals surface area contributed by atoms with E-state index in [1.165, 1.54) is 6.07 Å². The smallest absolute Gasteiger partial charge is 0.260 e. The van der Waals surface area contributed by atoms with Gasteiger partial charge in [0.15, 0.2) is 6.61 Å². The van der Waals surface area contributed by atoms with Crippen molar-refractivity contribution in [3.63, 3.8) is 0 Å². The molecule has 1 aliphatic rings. The average Bonchev–Trinajstić information content (AvgIpc) is 3.27. The summed E-state index contributed by atoms with van der Waals surface area (Å²) in [5, 5.41) is 0. The fourth-order valence-corrected chi connectivity index (χ4v) is 3.45. The molecule has 2 aromatic carbocycles. The molecular weight excluding hydrogens is 387 g/mol. The molecule has 0 saturated carbocycles. The first-order chi connectivity index (χ1) is 14.7. The first-order valence-electron chi connectivity index (χ1n) is 9.73. The van der Waals surface area contributed by atoms with Crippen LogP contribution in [0.4, 0.5) is 10.3 Å². The van der Waals surface area contributed by atoms with Gasteiger partial charge >= 0.3 is 0 Å². The molecule has 1 saturated heterocycles. The van der Waals surface area contributed by atoms with E-state index in [0.29, 0.717) is 49.3 Å². The zero-order valence-corrected chi connectivity index (χ0v) is 16.7. The van der Waals surface area contributed by atoms with Crippen molar-refractivity contribution in [3.05, 3.63) is 66.7 Å². The second kappa shape index (κ2) is 8.86. The zero-order chi connectivity index (χ0) is 20.9. The summed E-state index contributed by atoms with van der Waals surface area (Å²) >= 11 is 0. The summed E-state index contributed by atoms with van der Waals surface area (Å²) in [6.45, 7) is 2.28. The maximum Gasteiger partial charge on any atom is 0.260 e. The molecule has 0 atom stereocenters. The number of piperazine rings is 1. The predicted molar refractivity (Wildman–Crippen MR) is 111 cm³/mol. The van der Waals surface area contributed by atoms with E-state index in [9.17, 15) is 9.18 Å². The first-order valence-corrected chi connectivity index (χ1v) is 9.73. The Morgan fingerprint density at radius 3 is 2.60 bits per heavy atom. The van der Waals surface area contributed by atoms with Gasteiger partial charge in [-0.25, -0.2) is 9.37 Å². The zero-order valence-electron chi connectivity index (χ0n) is 16.7. The summed E-state index contributed by atoms with van der Waals surface area (Å²) in [7, 11) is 1.58. The Morgan fingerprint density at radius 1 is 1.07 bits per heavy atom. The summed E-state index contributed by atoms with van der Waals surface area (Å²) in [4.78, 5) is 20.8. The number of imidazole rings is 1. The molecular formula is C22H23FN4O3. The lowest BCUT2D eigenvalue weighted by molar-refractivity contribution is -0.133. The highest BCUT2D eigenvalue weighted by atomic mass is 19.1. The highest BCUT2D eigenvalue weighted by Gasteiger charge is 2.24. The Hall–Kier alpha value is -3.55. The van der Waals surface area contributed by atoms with E-state index in [0.717, 1.165) is 0 Å². The molecule has 2 heterocycles. The summed E-state index contributed by atoms with van der Waals surface area (Å²) in [6, 6.07) is 13.8. The molecule has 1 amide bonds. The lowest BCUT2D eigenvalue weighted by Gasteiger charge is -2.35. The molecule has 0 N–H and O–H groups in total. The minimum Gasteiger partial charge on any atom is -0.497 e. The number of methoxy groups -OCH3 is 1. The van der Waals surface area contributed by atoms with Crippen molar-refractivity contribution in [3.8, 4) is 17.2 Å². The molecule has 1 aliphatic heterocycles. The van der Waals surface area contributed by atoms with E-state index in [2.05, 4.69) is 9.88 Å². The van der Waals surface area contributed by atoms with E-state index in [-0.39, 0.29) is 18.3 Å². The largest absolute Gasteiger partial charge is 0.497 e. The van der Waals surface area contributed by atoms with Gasteiger partial charge in [-0.3, -0.25) is 9.36 Å². The van der Waals surface area contributed by atoms with Crippen LogP contribution in [0.1, 0.15) is 0 Å². The highest BCUT2D eigenvalue weighted by Crippen LogP contribution is 2.22. The van der Waals surface area contributed by atoms with Crippen LogP contribution in [0.5, 0.6) is 11.5 Å². The molecule has 156 valence electrons. The average molecular weight is 410 g/mol. The topological polar surface area (TPSA) is 59.8 Å². The number of ether oxygens (including phenoxy) is 2.